The van der Waals surface area contributed by atoms with Crippen LogP contribution in [0.4, 0.5) is 4.39 Å². The monoisotopic (exact) mass is 170 g/mol. The molecule has 0 saturated carbocycles. The summed E-state index contributed by atoms with van der Waals surface area (Å²) in [5.74, 6) is -0.495. The average molecular weight is 170 g/mol. The minimum Gasteiger partial charge on any atom is -0.466 e. The zero-order valence-corrected chi connectivity index (χ0v) is 6.37. The van der Waals surface area contributed by atoms with E-state index in [0.29, 0.717) is 5.69 Å². The van der Waals surface area contributed by atoms with E-state index < -0.39 is 12.0 Å². The van der Waals surface area contributed by atoms with Gasteiger partial charge in [0.25, 0.3) is 6.08 Å². The third-order valence-corrected chi connectivity index (χ3v) is 1.16. The highest BCUT2D eigenvalue weighted by Crippen LogP contribution is 1.97. The van der Waals surface area contributed by atoms with Crippen molar-refractivity contribution in [3.8, 4) is 0 Å². The van der Waals surface area contributed by atoms with Crippen LogP contribution in [0.15, 0.2) is 12.3 Å². The van der Waals surface area contributed by atoms with E-state index in [1.54, 1.807) is 0 Å². The molecule has 0 aliphatic carbocycles. The standard InChI is InChI=1S/C7H7FN2O2/c1-12-6(11)3-2-5-4-9-7(8)10-5/h2-4H,1H3,(H,9,10)/b3-2-. The van der Waals surface area contributed by atoms with Crippen LogP contribution < -0.4 is 0 Å². The predicted molar refractivity (Wildman–Crippen MR) is 39.6 cm³/mol. The van der Waals surface area contributed by atoms with Crippen molar-refractivity contribution in [2.24, 2.45) is 0 Å². The molecule has 0 spiro atoms. The topological polar surface area (TPSA) is 55.0 Å². The number of hydrogen-bond donors (Lipinski definition) is 1. The molecule has 1 N–H and O–H groups in total. The highest BCUT2D eigenvalue weighted by atomic mass is 19.1. The molecule has 5 heteroatoms. The first-order valence-electron chi connectivity index (χ1n) is 3.19. The van der Waals surface area contributed by atoms with Crippen molar-refractivity contribution in [3.63, 3.8) is 0 Å². The number of H-pyrrole nitrogens is 1. The van der Waals surface area contributed by atoms with Crippen LogP contribution in [0, 0.1) is 6.08 Å². The van der Waals surface area contributed by atoms with Crippen molar-refractivity contribution in [2.75, 3.05) is 7.11 Å². The second kappa shape index (κ2) is 3.66. The molecule has 0 aliphatic rings. The molecule has 4 nitrogen and oxygen atoms in total. The summed E-state index contributed by atoms with van der Waals surface area (Å²) >= 11 is 0. The summed E-state index contributed by atoms with van der Waals surface area (Å²) in [6.45, 7) is 0. The predicted octanol–water partition coefficient (Wildman–Crippen LogP) is 0.735. The van der Waals surface area contributed by atoms with Gasteiger partial charge in [0.2, 0.25) is 0 Å². The van der Waals surface area contributed by atoms with Gasteiger partial charge in [-0.25, -0.2) is 9.78 Å². The Balaban J connectivity index is 2.63. The summed E-state index contributed by atoms with van der Waals surface area (Å²) in [5, 5.41) is 0. The van der Waals surface area contributed by atoms with Crippen LogP contribution in [0.1, 0.15) is 5.69 Å². The number of methoxy groups -OCH3 is 1. The summed E-state index contributed by atoms with van der Waals surface area (Å²) in [7, 11) is 1.26. The minimum atomic E-state index is -0.681. The van der Waals surface area contributed by atoms with Gasteiger partial charge in [-0.3, -0.25) is 0 Å². The molecule has 0 fully saturated rings. The first kappa shape index (κ1) is 8.45. The Morgan fingerprint density at radius 1 is 1.83 bits per heavy atom. The third kappa shape index (κ3) is 2.19. The van der Waals surface area contributed by atoms with Crippen molar-refractivity contribution in [3.05, 3.63) is 24.0 Å². The van der Waals surface area contributed by atoms with Crippen LogP contribution in [0.25, 0.3) is 6.08 Å². The fourth-order valence-corrected chi connectivity index (χ4v) is 0.620. The Bertz CT molecular complexity index is 306. The first-order valence-corrected chi connectivity index (χ1v) is 3.19. The van der Waals surface area contributed by atoms with E-state index in [2.05, 4.69) is 14.7 Å². The highest BCUT2D eigenvalue weighted by molar-refractivity contribution is 5.86. The molecule has 0 radical (unpaired) electrons. The van der Waals surface area contributed by atoms with Crippen LogP contribution in [0.5, 0.6) is 0 Å². The molecule has 0 unspecified atom stereocenters. The molecule has 1 aromatic heterocycles. The molecule has 0 bridgehead atoms. The fourth-order valence-electron chi connectivity index (χ4n) is 0.620. The van der Waals surface area contributed by atoms with Crippen molar-refractivity contribution in [2.45, 2.75) is 0 Å². The van der Waals surface area contributed by atoms with E-state index in [-0.39, 0.29) is 0 Å². The molecule has 1 heterocycles. The van der Waals surface area contributed by atoms with Gasteiger partial charge in [0.15, 0.2) is 0 Å². The largest absolute Gasteiger partial charge is 0.466 e. The lowest BCUT2D eigenvalue weighted by atomic mass is 10.4. The van der Waals surface area contributed by atoms with Crippen molar-refractivity contribution >= 4 is 12.0 Å². The lowest BCUT2D eigenvalue weighted by Crippen LogP contribution is -1.93. The summed E-state index contributed by atoms with van der Waals surface area (Å²) in [6.07, 6.45) is 3.14. The number of aromatic amines is 1. The minimum absolute atomic E-state index is 0.415. The number of carbonyl (C=O) groups excluding carboxylic acids is 1. The Kier molecular flexibility index (Phi) is 2.57. The van der Waals surface area contributed by atoms with Gasteiger partial charge in [0, 0.05) is 6.08 Å². The van der Waals surface area contributed by atoms with Gasteiger partial charge in [-0.05, 0) is 6.08 Å². The van der Waals surface area contributed by atoms with E-state index >= 15 is 0 Å². The molecule has 0 aromatic carbocycles. The number of rotatable bonds is 2. The Morgan fingerprint density at radius 2 is 2.58 bits per heavy atom. The maximum absolute atomic E-state index is 12.2. The number of aromatic nitrogens is 2. The first-order chi connectivity index (χ1) is 5.72. The smallest absolute Gasteiger partial charge is 0.330 e. The Labute approximate surface area is 68.1 Å². The number of esters is 1. The molecule has 1 rings (SSSR count). The van der Waals surface area contributed by atoms with Gasteiger partial charge < -0.3 is 9.72 Å². The molecule has 0 amide bonds. The van der Waals surface area contributed by atoms with E-state index in [0.717, 1.165) is 0 Å². The van der Waals surface area contributed by atoms with Crippen LogP contribution in [0.3, 0.4) is 0 Å². The Morgan fingerprint density at radius 3 is 3.08 bits per heavy atom. The molecule has 12 heavy (non-hydrogen) atoms. The van der Waals surface area contributed by atoms with Gasteiger partial charge in [0.1, 0.15) is 0 Å². The number of ether oxygens (including phenoxy) is 1. The number of hydrogen-bond acceptors (Lipinski definition) is 3. The van der Waals surface area contributed by atoms with Gasteiger partial charge >= 0.3 is 5.97 Å². The van der Waals surface area contributed by atoms with Crippen LogP contribution >= 0.6 is 0 Å². The van der Waals surface area contributed by atoms with Crippen LogP contribution in [0.2, 0.25) is 0 Å². The molecular formula is C7H7FN2O2. The number of halogens is 1. The highest BCUT2D eigenvalue weighted by Gasteiger charge is 1.95. The third-order valence-electron chi connectivity index (χ3n) is 1.16. The molecule has 0 aliphatic heterocycles. The van der Waals surface area contributed by atoms with E-state index in [9.17, 15) is 9.18 Å². The molecule has 0 atom stereocenters. The van der Waals surface area contributed by atoms with Gasteiger partial charge in [-0.15, -0.1) is 0 Å². The average Bonchev–Trinajstić information content (AvgIpc) is 2.47. The van der Waals surface area contributed by atoms with Crippen molar-refractivity contribution < 1.29 is 13.9 Å². The van der Waals surface area contributed by atoms with Crippen molar-refractivity contribution in [1.82, 2.24) is 9.97 Å². The molecule has 64 valence electrons. The zero-order valence-electron chi connectivity index (χ0n) is 6.37. The van der Waals surface area contributed by atoms with Crippen LogP contribution in [-0.2, 0) is 9.53 Å². The fraction of sp³-hybridized carbons (Fsp3) is 0.143. The van der Waals surface area contributed by atoms with Gasteiger partial charge in [0.05, 0.1) is 19.0 Å². The summed E-state index contributed by atoms with van der Waals surface area (Å²) in [4.78, 5) is 16.1. The zero-order chi connectivity index (χ0) is 8.97. The van der Waals surface area contributed by atoms with Crippen molar-refractivity contribution in [1.29, 1.82) is 0 Å². The normalized spacial score (nSPS) is 10.5. The molecule has 0 saturated heterocycles. The van der Waals surface area contributed by atoms with Gasteiger partial charge in [-0.1, -0.05) is 0 Å². The Hall–Kier alpha value is -1.65. The summed E-state index contributed by atoms with van der Waals surface area (Å²) in [6, 6.07) is 0. The lowest BCUT2D eigenvalue weighted by molar-refractivity contribution is -0.134. The number of nitrogens with zero attached hydrogens (tertiary/aromatic N) is 1. The van der Waals surface area contributed by atoms with Crippen LogP contribution in [-0.4, -0.2) is 23.0 Å². The van der Waals surface area contributed by atoms with Gasteiger partial charge in [-0.2, -0.15) is 4.39 Å². The van der Waals surface area contributed by atoms with E-state index in [1.165, 1.54) is 25.5 Å². The van der Waals surface area contributed by atoms with E-state index in [4.69, 9.17) is 0 Å². The van der Waals surface area contributed by atoms with E-state index in [1.807, 2.05) is 0 Å². The summed E-state index contributed by atoms with van der Waals surface area (Å²) in [5.41, 5.74) is 0.415. The molecular weight excluding hydrogens is 163 g/mol. The second-order valence-corrected chi connectivity index (χ2v) is 1.99. The summed E-state index contributed by atoms with van der Waals surface area (Å²) < 4.78 is 16.5. The number of carbonyl (C=O) groups is 1. The SMILES string of the molecule is COC(=O)/C=C\c1cnc(F)[nH]1. The molecule has 1 aromatic rings. The second-order valence-electron chi connectivity index (χ2n) is 1.99. The lowest BCUT2D eigenvalue weighted by Gasteiger charge is -1.87. The maximum Gasteiger partial charge on any atom is 0.330 e. The maximum atomic E-state index is 12.2. The number of imidazole rings is 1. The number of nitrogens with one attached hydrogen (secondary N) is 1. The quantitative estimate of drug-likeness (QED) is 0.526.